The number of rotatable bonds is 6. The molecule has 1 aromatic carbocycles. The van der Waals surface area contributed by atoms with Crippen LogP contribution in [0.1, 0.15) is 31.6 Å². The van der Waals surface area contributed by atoms with Gasteiger partial charge in [0.15, 0.2) is 0 Å². The number of carbonyl (C=O) groups is 1. The summed E-state index contributed by atoms with van der Waals surface area (Å²) < 4.78 is 5.47. The molecule has 0 spiro atoms. The van der Waals surface area contributed by atoms with Crippen LogP contribution >= 0.6 is 22.7 Å². The zero-order valence-electron chi connectivity index (χ0n) is 15.7. The molecule has 0 bridgehead atoms. The zero-order valence-corrected chi connectivity index (χ0v) is 17.3. The van der Waals surface area contributed by atoms with E-state index < -0.39 is 0 Å². The summed E-state index contributed by atoms with van der Waals surface area (Å²) >= 11 is 3.32. The van der Waals surface area contributed by atoms with Crippen molar-refractivity contribution < 1.29 is 9.21 Å². The van der Waals surface area contributed by atoms with Gasteiger partial charge in [-0.15, -0.1) is 22.7 Å². The van der Waals surface area contributed by atoms with Crippen molar-refractivity contribution in [1.82, 2.24) is 9.88 Å². The number of carbonyl (C=O) groups excluding carboxylic acids is 1. The van der Waals surface area contributed by atoms with Crippen LogP contribution < -0.4 is 0 Å². The maximum absolute atomic E-state index is 13.2. The van der Waals surface area contributed by atoms with Crippen LogP contribution in [0.25, 0.3) is 10.6 Å². The Balaban J connectivity index is 1.56. The molecule has 28 heavy (non-hydrogen) atoms. The van der Waals surface area contributed by atoms with Crippen LogP contribution in [-0.4, -0.2) is 15.8 Å². The molecule has 0 fully saturated rings. The van der Waals surface area contributed by atoms with Crippen LogP contribution in [0, 0.1) is 13.8 Å². The molecular weight excluding hydrogens is 388 g/mol. The van der Waals surface area contributed by atoms with E-state index in [1.807, 2.05) is 53.6 Å². The summed E-state index contributed by atoms with van der Waals surface area (Å²) in [6.07, 6.45) is 1.64. The predicted molar refractivity (Wildman–Crippen MR) is 114 cm³/mol. The largest absolute Gasteiger partial charge is 0.467 e. The Labute approximate surface area is 172 Å². The third-order valence-electron chi connectivity index (χ3n) is 4.35. The van der Waals surface area contributed by atoms with Crippen molar-refractivity contribution in [2.75, 3.05) is 0 Å². The minimum Gasteiger partial charge on any atom is -0.467 e. The highest BCUT2D eigenvalue weighted by molar-refractivity contribution is 7.13. The topological polar surface area (TPSA) is 46.3 Å². The Morgan fingerprint density at radius 3 is 2.50 bits per heavy atom. The number of aryl methyl sites for hydroxylation is 2. The van der Waals surface area contributed by atoms with Crippen LogP contribution in [0.2, 0.25) is 0 Å². The van der Waals surface area contributed by atoms with Crippen molar-refractivity contribution in [2.24, 2.45) is 0 Å². The quantitative estimate of drug-likeness (QED) is 0.398. The minimum atomic E-state index is -0.00989. The summed E-state index contributed by atoms with van der Waals surface area (Å²) in [4.78, 5) is 21.9. The first-order valence-electron chi connectivity index (χ1n) is 8.98. The summed E-state index contributed by atoms with van der Waals surface area (Å²) in [5, 5.41) is 3.00. The second-order valence-electron chi connectivity index (χ2n) is 6.62. The molecule has 1 amide bonds. The Morgan fingerprint density at radius 1 is 1.07 bits per heavy atom. The smallest absolute Gasteiger partial charge is 0.254 e. The maximum atomic E-state index is 13.2. The van der Waals surface area contributed by atoms with Gasteiger partial charge in [0, 0.05) is 32.0 Å². The van der Waals surface area contributed by atoms with E-state index in [4.69, 9.17) is 4.42 Å². The lowest BCUT2D eigenvalue weighted by atomic mass is 10.1. The number of thiophene rings is 1. The Bertz CT molecular complexity index is 1060. The third-order valence-corrected chi connectivity index (χ3v) is 6.35. The summed E-state index contributed by atoms with van der Waals surface area (Å²) in [7, 11) is 0. The van der Waals surface area contributed by atoms with E-state index in [0.717, 1.165) is 26.9 Å². The van der Waals surface area contributed by atoms with E-state index in [1.165, 1.54) is 4.88 Å². The normalized spacial score (nSPS) is 10.9. The highest BCUT2D eigenvalue weighted by Crippen LogP contribution is 2.25. The zero-order chi connectivity index (χ0) is 19.5. The summed E-state index contributed by atoms with van der Waals surface area (Å²) in [5.74, 6) is 0.765. The second kappa shape index (κ2) is 8.12. The van der Waals surface area contributed by atoms with Gasteiger partial charge < -0.3 is 9.32 Å². The maximum Gasteiger partial charge on any atom is 0.254 e. The number of amides is 1. The first kappa shape index (κ1) is 18.7. The molecule has 0 aliphatic carbocycles. The molecule has 4 rings (SSSR count). The van der Waals surface area contributed by atoms with Crippen LogP contribution in [0.15, 0.2) is 64.6 Å². The van der Waals surface area contributed by atoms with Crippen molar-refractivity contribution in [3.63, 3.8) is 0 Å². The number of furan rings is 1. The van der Waals surface area contributed by atoms with Crippen molar-refractivity contribution >= 4 is 28.6 Å². The first-order chi connectivity index (χ1) is 13.6. The summed E-state index contributed by atoms with van der Waals surface area (Å²) in [6, 6.07) is 15.6. The van der Waals surface area contributed by atoms with E-state index in [-0.39, 0.29) is 5.91 Å². The molecule has 0 unspecified atom stereocenters. The lowest BCUT2D eigenvalue weighted by Gasteiger charge is -2.21. The first-order valence-corrected chi connectivity index (χ1v) is 10.7. The summed E-state index contributed by atoms with van der Waals surface area (Å²) in [5.41, 5.74) is 2.70. The van der Waals surface area contributed by atoms with Gasteiger partial charge in [-0.05, 0) is 50.2 Å². The molecule has 0 aliphatic rings. The van der Waals surface area contributed by atoms with Gasteiger partial charge in [0.25, 0.3) is 5.91 Å². The van der Waals surface area contributed by atoms with Crippen LogP contribution in [0.5, 0.6) is 0 Å². The Hall–Kier alpha value is -2.70. The van der Waals surface area contributed by atoms with Crippen LogP contribution in [0.4, 0.5) is 0 Å². The molecule has 0 aliphatic heterocycles. The van der Waals surface area contributed by atoms with E-state index in [1.54, 1.807) is 28.9 Å². The van der Waals surface area contributed by atoms with Crippen molar-refractivity contribution in [3.05, 3.63) is 86.9 Å². The highest BCUT2D eigenvalue weighted by Gasteiger charge is 2.19. The SMILES string of the molecule is Cc1csc(-c2ccc(C(=O)N(Cc3ccco3)Cc3ccc(C)s3)cc2)n1. The third kappa shape index (κ3) is 4.24. The van der Waals surface area contributed by atoms with Gasteiger partial charge in [-0.1, -0.05) is 12.1 Å². The fourth-order valence-corrected chi connectivity index (χ4v) is 4.68. The number of benzene rings is 1. The van der Waals surface area contributed by atoms with Crippen molar-refractivity contribution in [3.8, 4) is 10.6 Å². The number of thiazole rings is 1. The van der Waals surface area contributed by atoms with Gasteiger partial charge in [-0.25, -0.2) is 4.98 Å². The van der Waals surface area contributed by atoms with Gasteiger partial charge in [-0.2, -0.15) is 0 Å². The average molecular weight is 409 g/mol. The Morgan fingerprint density at radius 2 is 1.89 bits per heavy atom. The molecule has 0 saturated heterocycles. The molecule has 0 atom stereocenters. The van der Waals surface area contributed by atoms with E-state index in [9.17, 15) is 4.79 Å². The lowest BCUT2D eigenvalue weighted by molar-refractivity contribution is 0.0719. The standard InChI is InChI=1S/C22H20N2O2S2/c1-15-14-27-21(23-15)17-6-8-18(9-7-17)22(25)24(12-19-4-3-11-26-19)13-20-10-5-16(2)28-20/h3-11,14H,12-13H2,1-2H3. The molecule has 3 heterocycles. The number of nitrogens with zero attached hydrogens (tertiary/aromatic N) is 2. The van der Waals surface area contributed by atoms with Gasteiger partial charge in [-0.3, -0.25) is 4.79 Å². The van der Waals surface area contributed by atoms with Gasteiger partial charge in [0.05, 0.1) is 19.4 Å². The van der Waals surface area contributed by atoms with Crippen LogP contribution in [0.3, 0.4) is 0 Å². The predicted octanol–water partition coefficient (Wildman–Crippen LogP) is 5.92. The lowest BCUT2D eigenvalue weighted by Crippen LogP contribution is -2.29. The van der Waals surface area contributed by atoms with Gasteiger partial charge >= 0.3 is 0 Å². The van der Waals surface area contributed by atoms with Crippen molar-refractivity contribution in [2.45, 2.75) is 26.9 Å². The number of hydrogen-bond acceptors (Lipinski definition) is 5. The second-order valence-corrected chi connectivity index (χ2v) is 8.85. The van der Waals surface area contributed by atoms with Crippen LogP contribution in [-0.2, 0) is 13.1 Å². The molecule has 0 N–H and O–H groups in total. The molecule has 0 radical (unpaired) electrons. The molecular formula is C22H20N2O2S2. The molecule has 3 aromatic heterocycles. The number of hydrogen-bond donors (Lipinski definition) is 0. The molecule has 4 nitrogen and oxygen atoms in total. The number of aromatic nitrogens is 1. The minimum absolute atomic E-state index is 0.00989. The summed E-state index contributed by atoms with van der Waals surface area (Å²) in [6.45, 7) is 5.06. The van der Waals surface area contributed by atoms with E-state index in [2.05, 4.69) is 24.0 Å². The average Bonchev–Trinajstić information content (AvgIpc) is 3.44. The highest BCUT2D eigenvalue weighted by atomic mass is 32.1. The van der Waals surface area contributed by atoms with E-state index >= 15 is 0 Å². The van der Waals surface area contributed by atoms with Crippen molar-refractivity contribution in [1.29, 1.82) is 0 Å². The monoisotopic (exact) mass is 408 g/mol. The molecule has 142 valence electrons. The molecule has 4 aromatic rings. The van der Waals surface area contributed by atoms with Gasteiger partial charge in [0.2, 0.25) is 0 Å². The molecule has 6 heteroatoms. The fourth-order valence-electron chi connectivity index (χ4n) is 2.97. The molecule has 0 saturated carbocycles. The Kier molecular flexibility index (Phi) is 5.41. The van der Waals surface area contributed by atoms with E-state index in [0.29, 0.717) is 18.7 Å². The van der Waals surface area contributed by atoms with Gasteiger partial charge in [0.1, 0.15) is 10.8 Å². The fraction of sp³-hybridized carbons (Fsp3) is 0.182.